The van der Waals surface area contributed by atoms with Crippen molar-refractivity contribution in [2.75, 3.05) is 0 Å². The number of aryl methyl sites for hydroxylation is 1. The fourth-order valence-electron chi connectivity index (χ4n) is 3.39. The van der Waals surface area contributed by atoms with Gasteiger partial charge in [-0.3, -0.25) is 15.0 Å². The number of ether oxygens (including phenoxy) is 1. The Balaban J connectivity index is 1.62. The summed E-state index contributed by atoms with van der Waals surface area (Å²) in [6.07, 6.45) is 2.10. The van der Waals surface area contributed by atoms with Crippen LogP contribution in [0.15, 0.2) is 24.3 Å². The van der Waals surface area contributed by atoms with Crippen LogP contribution in [0, 0.1) is 12.8 Å². The molecule has 0 bridgehead atoms. The van der Waals surface area contributed by atoms with Crippen LogP contribution >= 0.6 is 0 Å². The van der Waals surface area contributed by atoms with Crippen LogP contribution in [0.5, 0.6) is 5.75 Å². The van der Waals surface area contributed by atoms with E-state index in [4.69, 9.17) is 4.74 Å². The lowest BCUT2D eigenvalue weighted by Crippen LogP contribution is -2.53. The first-order chi connectivity index (χ1) is 12.3. The molecule has 1 aromatic rings. The summed E-state index contributed by atoms with van der Waals surface area (Å²) in [7, 11) is 0. The van der Waals surface area contributed by atoms with Gasteiger partial charge in [0.2, 0.25) is 0 Å². The number of nitrogens with one attached hydrogen (secondary N) is 2. The summed E-state index contributed by atoms with van der Waals surface area (Å²) >= 11 is 0. The van der Waals surface area contributed by atoms with Crippen LogP contribution in [0.2, 0.25) is 0 Å². The van der Waals surface area contributed by atoms with Crippen molar-refractivity contribution in [3.63, 3.8) is 0 Å². The molecular formula is C19H25N3O4. The molecule has 1 aromatic carbocycles. The van der Waals surface area contributed by atoms with Gasteiger partial charge in [-0.05, 0) is 57.6 Å². The molecular weight excluding hydrogens is 334 g/mol. The Labute approximate surface area is 153 Å². The van der Waals surface area contributed by atoms with E-state index in [9.17, 15) is 14.4 Å². The van der Waals surface area contributed by atoms with Crippen molar-refractivity contribution < 1.29 is 19.1 Å². The molecule has 1 heterocycles. The molecule has 1 aliphatic carbocycles. The molecule has 1 atom stereocenters. The molecule has 0 radical (unpaired) electrons. The van der Waals surface area contributed by atoms with Crippen molar-refractivity contribution in [3.05, 3.63) is 29.8 Å². The normalized spacial score (nSPS) is 26.6. The summed E-state index contributed by atoms with van der Waals surface area (Å²) in [5, 5.41) is 3.57. The Bertz CT molecular complexity index is 708. The zero-order valence-corrected chi connectivity index (χ0v) is 15.4. The quantitative estimate of drug-likeness (QED) is 0.808. The van der Waals surface area contributed by atoms with Gasteiger partial charge in [0, 0.05) is 0 Å². The Morgan fingerprint density at radius 2 is 1.88 bits per heavy atom. The van der Waals surface area contributed by atoms with Crippen LogP contribution in [-0.4, -0.2) is 34.5 Å². The van der Waals surface area contributed by atoms with Crippen LogP contribution in [0.25, 0.3) is 0 Å². The highest BCUT2D eigenvalue weighted by Gasteiger charge is 2.53. The Morgan fingerprint density at radius 1 is 1.27 bits per heavy atom. The van der Waals surface area contributed by atoms with Crippen molar-refractivity contribution in [3.8, 4) is 5.75 Å². The lowest BCUT2D eigenvalue weighted by Gasteiger charge is -2.33. The van der Waals surface area contributed by atoms with Gasteiger partial charge in [-0.2, -0.15) is 5.01 Å². The van der Waals surface area contributed by atoms with Gasteiger partial charge in [0.25, 0.3) is 11.8 Å². The van der Waals surface area contributed by atoms with Crippen molar-refractivity contribution >= 4 is 17.8 Å². The van der Waals surface area contributed by atoms with E-state index < -0.39 is 23.6 Å². The first-order valence-corrected chi connectivity index (χ1v) is 9.01. The number of hydrazine groups is 1. The number of benzene rings is 1. The Kier molecular flexibility index (Phi) is 4.89. The lowest BCUT2D eigenvalue weighted by atomic mass is 9.77. The largest absolute Gasteiger partial charge is 0.481 e. The molecule has 0 unspecified atom stereocenters. The van der Waals surface area contributed by atoms with Crippen LogP contribution in [0.4, 0.5) is 4.79 Å². The molecule has 2 fully saturated rings. The van der Waals surface area contributed by atoms with Gasteiger partial charge >= 0.3 is 6.03 Å². The summed E-state index contributed by atoms with van der Waals surface area (Å²) in [5.74, 6) is 0.158. The molecule has 1 aliphatic heterocycles. The van der Waals surface area contributed by atoms with E-state index in [0.717, 1.165) is 23.4 Å². The van der Waals surface area contributed by atoms with Crippen LogP contribution in [0.1, 0.15) is 45.1 Å². The number of rotatable bonds is 4. The summed E-state index contributed by atoms with van der Waals surface area (Å²) in [4.78, 5) is 37.3. The predicted octanol–water partition coefficient (Wildman–Crippen LogP) is 2.29. The van der Waals surface area contributed by atoms with E-state index in [-0.39, 0.29) is 5.91 Å². The molecule has 2 aliphatic rings. The molecule has 2 N–H and O–H groups in total. The maximum Gasteiger partial charge on any atom is 0.344 e. The summed E-state index contributed by atoms with van der Waals surface area (Å²) in [5.41, 5.74) is 2.61. The van der Waals surface area contributed by atoms with Crippen LogP contribution in [-0.2, 0) is 9.59 Å². The van der Waals surface area contributed by atoms with E-state index in [1.807, 2.05) is 19.1 Å². The topological polar surface area (TPSA) is 87.7 Å². The number of hydrogen-bond donors (Lipinski definition) is 2. The van der Waals surface area contributed by atoms with Gasteiger partial charge in [-0.25, -0.2) is 4.79 Å². The third-order valence-electron chi connectivity index (χ3n) is 5.21. The second-order valence-corrected chi connectivity index (χ2v) is 7.38. The number of hydrogen-bond acceptors (Lipinski definition) is 4. The highest BCUT2D eigenvalue weighted by molar-refractivity contribution is 6.08. The van der Waals surface area contributed by atoms with E-state index >= 15 is 0 Å². The average molecular weight is 359 g/mol. The Morgan fingerprint density at radius 3 is 2.50 bits per heavy atom. The van der Waals surface area contributed by atoms with Gasteiger partial charge in [0.1, 0.15) is 11.3 Å². The van der Waals surface area contributed by atoms with Crippen molar-refractivity contribution in [2.45, 2.75) is 58.1 Å². The minimum Gasteiger partial charge on any atom is -0.481 e. The van der Waals surface area contributed by atoms with E-state index in [2.05, 4.69) is 17.7 Å². The first-order valence-electron chi connectivity index (χ1n) is 9.01. The van der Waals surface area contributed by atoms with Crippen LogP contribution < -0.4 is 15.5 Å². The van der Waals surface area contributed by atoms with E-state index in [1.165, 1.54) is 0 Å². The van der Waals surface area contributed by atoms with Gasteiger partial charge in [0.15, 0.2) is 6.10 Å². The zero-order valence-electron chi connectivity index (χ0n) is 15.4. The molecule has 0 aromatic heterocycles. The highest BCUT2D eigenvalue weighted by Crippen LogP contribution is 2.35. The maximum atomic E-state index is 12.7. The molecule has 4 amide bonds. The fraction of sp³-hybridized carbons (Fsp3) is 0.526. The number of carbonyl (C=O) groups excluding carboxylic acids is 3. The number of carbonyl (C=O) groups is 3. The molecule has 26 heavy (non-hydrogen) atoms. The smallest absolute Gasteiger partial charge is 0.344 e. The average Bonchev–Trinajstić information content (AvgIpc) is 2.84. The summed E-state index contributed by atoms with van der Waals surface area (Å²) in [6.45, 7) is 5.67. The second-order valence-electron chi connectivity index (χ2n) is 7.38. The minimum atomic E-state index is -0.877. The van der Waals surface area contributed by atoms with Crippen molar-refractivity contribution in [1.29, 1.82) is 0 Å². The number of nitrogens with zero attached hydrogens (tertiary/aromatic N) is 1. The first kappa shape index (κ1) is 18.2. The molecule has 1 spiro atoms. The molecule has 140 valence electrons. The summed E-state index contributed by atoms with van der Waals surface area (Å²) in [6, 6.07) is 6.72. The number of imide groups is 1. The van der Waals surface area contributed by atoms with Gasteiger partial charge in [-0.15, -0.1) is 0 Å². The highest BCUT2D eigenvalue weighted by atomic mass is 16.5. The molecule has 3 rings (SSSR count). The lowest BCUT2D eigenvalue weighted by molar-refractivity contribution is -0.142. The molecule has 1 saturated heterocycles. The van der Waals surface area contributed by atoms with Gasteiger partial charge in [0.05, 0.1) is 0 Å². The third-order valence-corrected chi connectivity index (χ3v) is 5.21. The zero-order chi connectivity index (χ0) is 18.9. The summed E-state index contributed by atoms with van der Waals surface area (Å²) < 4.78 is 5.58. The number of amides is 4. The monoisotopic (exact) mass is 359 g/mol. The standard InChI is InChI=1S/C19H25N3O4/c1-12-4-6-15(7-5-12)26-14(3)16(23)21-22-17(24)19(20-18(22)25)10-8-13(2)9-11-19/h4-7,13-14H,8-11H2,1-3H3,(H,20,25)(H,21,23)/t13?,14-,19?/m1/s1. The van der Waals surface area contributed by atoms with E-state index in [1.54, 1.807) is 19.1 Å². The SMILES string of the molecule is Cc1ccc(O[C@H](C)C(=O)NN2C(=O)NC3(CCC(C)CC3)C2=O)cc1. The van der Waals surface area contributed by atoms with Crippen molar-refractivity contribution in [2.24, 2.45) is 5.92 Å². The number of urea groups is 1. The molecule has 1 saturated carbocycles. The second kappa shape index (κ2) is 6.97. The molecule has 7 nitrogen and oxygen atoms in total. The predicted molar refractivity (Wildman–Crippen MR) is 95.2 cm³/mol. The fourth-order valence-corrected chi connectivity index (χ4v) is 3.39. The van der Waals surface area contributed by atoms with Gasteiger partial charge in [-0.1, -0.05) is 24.6 Å². The Hall–Kier alpha value is -2.57. The molecule has 7 heteroatoms. The third kappa shape index (κ3) is 3.52. The minimum absolute atomic E-state index is 0.384. The van der Waals surface area contributed by atoms with Gasteiger partial charge < -0.3 is 10.1 Å². The maximum absolute atomic E-state index is 12.7. The van der Waals surface area contributed by atoms with E-state index in [0.29, 0.717) is 24.5 Å². The van der Waals surface area contributed by atoms with Crippen molar-refractivity contribution in [1.82, 2.24) is 15.8 Å². The van der Waals surface area contributed by atoms with Crippen LogP contribution in [0.3, 0.4) is 0 Å².